The molecule has 3 nitrogen and oxygen atoms in total. The van der Waals surface area contributed by atoms with Gasteiger partial charge in [-0.2, -0.15) is 0 Å². The molecule has 6 aromatic carbocycles. The molecule has 0 unspecified atom stereocenters. The predicted octanol–water partition coefficient (Wildman–Crippen LogP) is 11.4. The normalized spacial score (nSPS) is 17.7. The van der Waals surface area contributed by atoms with Crippen LogP contribution in [0.3, 0.4) is 0 Å². The highest BCUT2D eigenvalue weighted by Crippen LogP contribution is 2.41. The van der Waals surface area contributed by atoms with Crippen LogP contribution in [0.4, 0.5) is 0 Å². The molecule has 206 valence electrons. The summed E-state index contributed by atoms with van der Waals surface area (Å²) < 4.78 is 170. The lowest BCUT2D eigenvalue weighted by molar-refractivity contribution is 0.670. The predicted molar refractivity (Wildman–Crippen MR) is 184 cm³/mol. The van der Waals surface area contributed by atoms with Gasteiger partial charge in [-0.1, -0.05) is 115 Å². The molecule has 44 heavy (non-hydrogen) atoms. The second-order valence-corrected chi connectivity index (χ2v) is 10.6. The van der Waals surface area contributed by atoms with Gasteiger partial charge in [-0.05, 0) is 52.0 Å². The summed E-state index contributed by atoms with van der Waals surface area (Å²) in [7, 11) is 0. The first-order chi connectivity index (χ1) is 29.7. The van der Waals surface area contributed by atoms with Crippen LogP contribution in [0, 0.1) is 0 Å². The molecule has 4 heteroatoms. The quantitative estimate of drug-likeness (QED) is 0.202. The van der Waals surface area contributed by atoms with Crippen LogP contribution in [0.2, 0.25) is 0 Å². The average Bonchev–Trinajstić information content (AvgIpc) is 3.84. The Hall–Kier alpha value is -5.58. The summed E-state index contributed by atoms with van der Waals surface area (Å²) in [5.74, 6) is 0. The number of rotatable bonds is 4. The summed E-state index contributed by atoms with van der Waals surface area (Å²) in [5.41, 5.74) is -1.84. The Morgan fingerprint density at radius 3 is 2.23 bits per heavy atom. The molecule has 0 aliphatic carbocycles. The van der Waals surface area contributed by atoms with Crippen molar-refractivity contribution in [3.8, 4) is 44.6 Å². The Kier molecular flexibility index (Phi) is 2.86. The van der Waals surface area contributed by atoms with E-state index in [-0.39, 0.29) is 61.5 Å². The minimum absolute atomic E-state index is 0.0707. The van der Waals surface area contributed by atoms with Gasteiger partial charge in [-0.15, -0.1) is 11.3 Å². The highest BCUT2D eigenvalue weighted by atomic mass is 32.1. The molecular formula is C40H24N2OS. The molecule has 0 spiro atoms. The van der Waals surface area contributed by atoms with Crippen molar-refractivity contribution in [1.29, 1.82) is 0 Å². The highest BCUT2D eigenvalue weighted by Gasteiger charge is 2.16. The molecule has 0 atom stereocenters. The third-order valence-electron chi connectivity index (χ3n) is 7.02. The van der Waals surface area contributed by atoms with E-state index < -0.39 is 120 Å². The fraction of sp³-hybridized carbons (Fsp3) is 0. The van der Waals surface area contributed by atoms with Crippen LogP contribution in [0.5, 0.6) is 0 Å². The molecule has 0 N–H and O–H groups in total. The van der Waals surface area contributed by atoms with Crippen LogP contribution >= 0.6 is 11.3 Å². The van der Waals surface area contributed by atoms with E-state index in [1.807, 2.05) is 0 Å². The molecule has 0 radical (unpaired) electrons. The zero-order chi connectivity index (χ0) is 45.6. The van der Waals surface area contributed by atoms with Crippen molar-refractivity contribution in [2.24, 2.45) is 0 Å². The summed E-state index contributed by atoms with van der Waals surface area (Å²) in [5, 5.41) is 0.0464. The van der Waals surface area contributed by atoms with Crippen molar-refractivity contribution in [1.82, 2.24) is 9.97 Å². The smallest absolute Gasteiger partial charge is 0.143 e. The standard InChI is InChI=1S/C40H24N2OS/c1-2-8-25(9-3-1)26-16-18-27(19-17-26)28-20-21-36-34(23-28)38-40(44-36)37(41-24-42-38)30-11-6-10-29(22-30)31-13-7-14-33-32-12-4-5-15-35(32)43-39(31)33/h1-24H/i1D,2D,3D,4D,5D,7D,8D,9D,10D,11D,12D,13D,14D,15D,16D,17D,18D,19D,22D. The van der Waals surface area contributed by atoms with Crippen LogP contribution in [0.1, 0.15) is 26.0 Å². The monoisotopic (exact) mass is 599 g/mol. The fourth-order valence-corrected chi connectivity index (χ4v) is 6.14. The molecule has 0 amide bonds. The molecule has 0 fully saturated rings. The van der Waals surface area contributed by atoms with E-state index in [0.29, 0.717) is 20.3 Å². The van der Waals surface area contributed by atoms with E-state index in [1.54, 1.807) is 18.2 Å². The van der Waals surface area contributed by atoms with Gasteiger partial charge in [0.2, 0.25) is 0 Å². The molecule has 0 saturated carbocycles. The number of nitrogens with zero attached hydrogens (tertiary/aromatic N) is 2. The SMILES string of the molecule is [2H]c1cc([2H])c(-c2ncnc3c2sc2ccc(-c4c([2H])c([2H])c(-c5c([2H])c([2H])c([2H])c([2H])c5[2H])c([2H])c4[2H])cc23)c([2H])c1-c1c([2H])c([2H])c([2H])c2c1oc1c([2H])c([2H])c([2H])c([2H])c12. The molecule has 0 aliphatic heterocycles. The Morgan fingerprint density at radius 1 is 0.591 bits per heavy atom. The van der Waals surface area contributed by atoms with Gasteiger partial charge < -0.3 is 4.42 Å². The lowest BCUT2D eigenvalue weighted by Gasteiger charge is -2.07. The molecule has 0 bridgehead atoms. The van der Waals surface area contributed by atoms with E-state index in [0.717, 1.165) is 17.4 Å². The van der Waals surface area contributed by atoms with Crippen molar-refractivity contribution in [3.05, 3.63) is 145 Å². The molecule has 0 aliphatic rings. The van der Waals surface area contributed by atoms with Gasteiger partial charge >= 0.3 is 0 Å². The third kappa shape index (κ3) is 4.03. The van der Waals surface area contributed by atoms with E-state index >= 15 is 0 Å². The van der Waals surface area contributed by atoms with Crippen molar-refractivity contribution in [2.45, 2.75) is 0 Å². The summed E-state index contributed by atoms with van der Waals surface area (Å²) in [4.78, 5) is 8.92. The molecule has 3 heterocycles. The highest BCUT2D eigenvalue weighted by molar-refractivity contribution is 7.26. The van der Waals surface area contributed by atoms with Crippen LogP contribution in [0.15, 0.2) is 150 Å². The van der Waals surface area contributed by atoms with Crippen molar-refractivity contribution >= 4 is 53.6 Å². The van der Waals surface area contributed by atoms with E-state index in [9.17, 15) is 1.37 Å². The Balaban J connectivity index is 1.25. The number of thiophene rings is 1. The minimum atomic E-state index is -0.695. The first-order valence-electron chi connectivity index (χ1n) is 22.6. The Labute approximate surface area is 284 Å². The lowest BCUT2D eigenvalue weighted by atomic mass is 9.99. The van der Waals surface area contributed by atoms with Crippen LogP contribution < -0.4 is 0 Å². The van der Waals surface area contributed by atoms with Crippen LogP contribution in [0.25, 0.3) is 86.9 Å². The number of benzene rings is 6. The second kappa shape index (κ2) is 10.0. The molecular weight excluding hydrogens is 557 g/mol. The summed E-state index contributed by atoms with van der Waals surface area (Å²) >= 11 is 1.16. The maximum absolute atomic E-state index is 9.48. The summed E-state index contributed by atoms with van der Waals surface area (Å²) in [6.45, 7) is 0. The topological polar surface area (TPSA) is 38.9 Å². The number of aromatic nitrogens is 2. The third-order valence-corrected chi connectivity index (χ3v) is 8.19. The average molecular weight is 600 g/mol. The molecule has 9 aromatic rings. The van der Waals surface area contributed by atoms with Crippen molar-refractivity contribution < 1.29 is 30.5 Å². The minimum Gasteiger partial charge on any atom is -0.455 e. The Bertz CT molecular complexity index is 3530. The molecule has 9 rings (SSSR count). The van der Waals surface area contributed by atoms with Gasteiger partial charge in [0.1, 0.15) is 17.5 Å². The fourth-order valence-electron chi connectivity index (χ4n) is 5.01. The molecule has 3 aromatic heterocycles. The lowest BCUT2D eigenvalue weighted by Crippen LogP contribution is -1.87. The van der Waals surface area contributed by atoms with Gasteiger partial charge in [-0.25, -0.2) is 9.97 Å². The number of furan rings is 1. The maximum atomic E-state index is 9.48. The van der Waals surface area contributed by atoms with Gasteiger partial charge in [0.25, 0.3) is 0 Å². The Morgan fingerprint density at radius 2 is 1.34 bits per heavy atom. The zero-order valence-electron chi connectivity index (χ0n) is 41.1. The van der Waals surface area contributed by atoms with Gasteiger partial charge in [0.15, 0.2) is 0 Å². The molecule has 0 saturated heterocycles. The number of fused-ring (bicyclic) bond motifs is 6. The van der Waals surface area contributed by atoms with E-state index in [2.05, 4.69) is 9.97 Å². The maximum Gasteiger partial charge on any atom is 0.143 e. The van der Waals surface area contributed by atoms with Gasteiger partial charge in [0, 0.05) is 32.0 Å². The number of hydrogen-bond donors (Lipinski definition) is 0. The first-order valence-corrected chi connectivity index (χ1v) is 13.9. The first kappa shape index (κ1) is 12.6. The van der Waals surface area contributed by atoms with Gasteiger partial charge in [-0.3, -0.25) is 0 Å². The van der Waals surface area contributed by atoms with Crippen molar-refractivity contribution in [3.63, 3.8) is 0 Å². The van der Waals surface area contributed by atoms with Crippen LogP contribution in [-0.4, -0.2) is 9.97 Å². The summed E-state index contributed by atoms with van der Waals surface area (Å²) in [6, 6.07) is -5.26. The number of hydrogen-bond acceptors (Lipinski definition) is 4. The number of para-hydroxylation sites is 2. The van der Waals surface area contributed by atoms with E-state index in [1.165, 1.54) is 6.33 Å². The van der Waals surface area contributed by atoms with E-state index in [4.69, 9.17) is 29.1 Å². The second-order valence-electron chi connectivity index (χ2n) is 9.53. The zero-order valence-corrected chi connectivity index (χ0v) is 22.9. The summed E-state index contributed by atoms with van der Waals surface area (Å²) in [6.07, 6.45) is 1.18. The largest absolute Gasteiger partial charge is 0.455 e. The van der Waals surface area contributed by atoms with Crippen molar-refractivity contribution in [2.75, 3.05) is 0 Å². The van der Waals surface area contributed by atoms with Crippen LogP contribution in [-0.2, 0) is 0 Å². The van der Waals surface area contributed by atoms with Gasteiger partial charge in [0.05, 0.1) is 42.0 Å².